The number of carbonyl (C=O) groups excluding carboxylic acids is 1. The molecule has 0 bridgehead atoms. The van der Waals surface area contributed by atoms with Gasteiger partial charge in [-0.3, -0.25) is 9.69 Å². The molecule has 1 saturated heterocycles. The maximum absolute atomic E-state index is 13.5. The van der Waals surface area contributed by atoms with Crippen molar-refractivity contribution in [3.05, 3.63) is 106 Å². The van der Waals surface area contributed by atoms with Gasteiger partial charge in [0.25, 0.3) is 0 Å². The molecule has 2 N–H and O–H groups in total. The number of benzene rings is 2. The number of ether oxygens (including phenoxy) is 1. The molecular formula is C29H30N4O5. The highest BCUT2D eigenvalue weighted by Crippen LogP contribution is 2.28. The number of hydrogen-bond acceptors (Lipinski definition) is 8. The average molecular weight is 515 g/mol. The minimum Gasteiger partial charge on any atom is -0.456 e. The molecular weight excluding hydrogens is 484 g/mol. The molecule has 4 heterocycles. The lowest BCUT2D eigenvalue weighted by atomic mass is 9.98. The van der Waals surface area contributed by atoms with Gasteiger partial charge in [0.2, 0.25) is 0 Å². The summed E-state index contributed by atoms with van der Waals surface area (Å²) in [5.74, 6) is -0.629. The number of nitrogens with two attached hydrogens (primary N) is 1. The zero-order chi connectivity index (χ0) is 26.1. The van der Waals surface area contributed by atoms with Gasteiger partial charge in [0.05, 0.1) is 12.0 Å². The number of aromatic nitrogens is 2. The van der Waals surface area contributed by atoms with E-state index in [1.807, 2.05) is 42.7 Å². The fraction of sp³-hybridized carbons (Fsp3) is 0.345. The van der Waals surface area contributed by atoms with Crippen LogP contribution in [0.15, 0.2) is 74.6 Å². The first-order chi connectivity index (χ1) is 18.5. The van der Waals surface area contributed by atoms with Crippen molar-refractivity contribution in [1.29, 1.82) is 0 Å². The van der Waals surface area contributed by atoms with Crippen molar-refractivity contribution in [2.45, 2.75) is 50.8 Å². The van der Waals surface area contributed by atoms with Crippen LogP contribution in [0.3, 0.4) is 0 Å². The third-order valence-electron chi connectivity index (χ3n) is 7.47. The minimum atomic E-state index is -0.811. The summed E-state index contributed by atoms with van der Waals surface area (Å²) >= 11 is 0. The minimum absolute atomic E-state index is 0.0115. The van der Waals surface area contributed by atoms with Crippen LogP contribution in [0.2, 0.25) is 0 Å². The molecule has 0 amide bonds. The molecule has 9 heteroatoms. The van der Waals surface area contributed by atoms with E-state index in [4.69, 9.17) is 24.3 Å². The Hall–Kier alpha value is -3.95. The molecule has 6 rings (SSSR count). The Kier molecular flexibility index (Phi) is 6.70. The normalized spacial score (nSPS) is 17.7. The van der Waals surface area contributed by atoms with Gasteiger partial charge in [0.1, 0.15) is 6.04 Å². The van der Waals surface area contributed by atoms with E-state index >= 15 is 0 Å². The van der Waals surface area contributed by atoms with Crippen LogP contribution < -0.4 is 11.6 Å². The van der Waals surface area contributed by atoms with Gasteiger partial charge in [0.15, 0.2) is 18.1 Å². The van der Waals surface area contributed by atoms with E-state index in [2.05, 4.69) is 27.7 Å². The molecule has 0 unspecified atom stereocenters. The van der Waals surface area contributed by atoms with Crippen LogP contribution in [0.1, 0.15) is 40.5 Å². The SMILES string of the molecule is N[C@H]1CCN([C@@H](Cc2ncn3c2CCc2ccccc2-3)C(=O)OCc2oc(=O)oc2Cc2ccccc2)C1. The number of imidazole rings is 1. The molecule has 2 aliphatic rings. The zero-order valence-electron chi connectivity index (χ0n) is 21.0. The number of rotatable bonds is 8. The van der Waals surface area contributed by atoms with Crippen LogP contribution in [0.4, 0.5) is 0 Å². The Labute approximate surface area is 219 Å². The Balaban J connectivity index is 1.21. The maximum Gasteiger partial charge on any atom is 0.519 e. The average Bonchev–Trinajstić information content (AvgIpc) is 3.64. The summed E-state index contributed by atoms with van der Waals surface area (Å²) in [5, 5.41) is 0. The lowest BCUT2D eigenvalue weighted by molar-refractivity contribution is -0.151. The predicted molar refractivity (Wildman–Crippen MR) is 139 cm³/mol. The molecule has 1 fully saturated rings. The molecule has 0 aliphatic carbocycles. The first-order valence-electron chi connectivity index (χ1n) is 13.0. The van der Waals surface area contributed by atoms with Gasteiger partial charge in [-0.1, -0.05) is 48.5 Å². The molecule has 0 saturated carbocycles. The maximum atomic E-state index is 13.5. The fourth-order valence-corrected chi connectivity index (χ4v) is 5.50. The number of esters is 1. The van der Waals surface area contributed by atoms with Gasteiger partial charge >= 0.3 is 11.8 Å². The Bertz CT molecular complexity index is 1490. The van der Waals surface area contributed by atoms with Gasteiger partial charge < -0.3 is 23.9 Å². The topological polar surface area (TPSA) is 117 Å². The molecule has 0 spiro atoms. The van der Waals surface area contributed by atoms with Crippen molar-refractivity contribution < 1.29 is 18.4 Å². The van der Waals surface area contributed by atoms with Crippen LogP contribution in [-0.4, -0.2) is 45.6 Å². The summed E-state index contributed by atoms with van der Waals surface area (Å²) in [7, 11) is 0. The number of carbonyl (C=O) groups is 1. The monoisotopic (exact) mass is 514 g/mol. The molecule has 0 radical (unpaired) electrons. The van der Waals surface area contributed by atoms with E-state index in [0.717, 1.165) is 41.9 Å². The van der Waals surface area contributed by atoms with Crippen LogP contribution in [-0.2, 0) is 41.8 Å². The number of fused-ring (bicyclic) bond motifs is 3. The summed E-state index contributed by atoms with van der Waals surface area (Å²) < 4.78 is 18.3. The number of likely N-dealkylation sites (tertiary alicyclic amines) is 1. The second-order valence-electron chi connectivity index (χ2n) is 9.97. The summed E-state index contributed by atoms with van der Waals surface area (Å²) in [6, 6.07) is 17.4. The number of aryl methyl sites for hydroxylation is 1. The molecule has 2 atom stereocenters. The second-order valence-corrected chi connectivity index (χ2v) is 9.97. The van der Waals surface area contributed by atoms with Gasteiger partial charge in [0, 0.05) is 43.4 Å². The summed E-state index contributed by atoms with van der Waals surface area (Å²) in [5.41, 5.74) is 11.6. The van der Waals surface area contributed by atoms with E-state index in [0.29, 0.717) is 31.7 Å². The lowest BCUT2D eigenvalue weighted by Gasteiger charge is -2.26. The third kappa shape index (κ3) is 4.94. The van der Waals surface area contributed by atoms with Gasteiger partial charge in [-0.05, 0) is 36.5 Å². The van der Waals surface area contributed by atoms with Crippen molar-refractivity contribution in [2.75, 3.05) is 13.1 Å². The highest BCUT2D eigenvalue weighted by atomic mass is 16.6. The van der Waals surface area contributed by atoms with Crippen molar-refractivity contribution in [3.8, 4) is 5.69 Å². The zero-order valence-corrected chi connectivity index (χ0v) is 21.0. The molecule has 196 valence electrons. The Morgan fingerprint density at radius 1 is 1.08 bits per heavy atom. The van der Waals surface area contributed by atoms with Gasteiger partial charge in [-0.15, -0.1) is 0 Å². The fourth-order valence-electron chi connectivity index (χ4n) is 5.50. The Morgan fingerprint density at radius 3 is 2.68 bits per heavy atom. The summed E-state index contributed by atoms with van der Waals surface area (Å²) in [6.45, 7) is 1.14. The molecule has 2 aromatic carbocycles. The van der Waals surface area contributed by atoms with Gasteiger partial charge in [-0.25, -0.2) is 9.78 Å². The highest BCUT2D eigenvalue weighted by molar-refractivity contribution is 5.76. The van der Waals surface area contributed by atoms with Crippen LogP contribution in [0, 0.1) is 0 Å². The lowest BCUT2D eigenvalue weighted by Crippen LogP contribution is -2.43. The van der Waals surface area contributed by atoms with Crippen molar-refractivity contribution in [3.63, 3.8) is 0 Å². The number of para-hydroxylation sites is 1. The van der Waals surface area contributed by atoms with E-state index in [1.165, 1.54) is 5.56 Å². The first kappa shape index (κ1) is 24.4. The predicted octanol–water partition coefficient (Wildman–Crippen LogP) is 2.80. The quantitative estimate of drug-likeness (QED) is 0.357. The van der Waals surface area contributed by atoms with Crippen LogP contribution >= 0.6 is 0 Å². The van der Waals surface area contributed by atoms with Crippen LogP contribution in [0.25, 0.3) is 5.69 Å². The molecule has 2 aromatic heterocycles. The van der Waals surface area contributed by atoms with E-state index in [9.17, 15) is 9.59 Å². The largest absolute Gasteiger partial charge is 0.519 e. The second kappa shape index (κ2) is 10.4. The van der Waals surface area contributed by atoms with E-state index < -0.39 is 17.8 Å². The van der Waals surface area contributed by atoms with E-state index in [-0.39, 0.29) is 18.4 Å². The molecule has 9 nitrogen and oxygen atoms in total. The summed E-state index contributed by atoms with van der Waals surface area (Å²) in [4.78, 5) is 32.1. The Morgan fingerprint density at radius 2 is 1.87 bits per heavy atom. The van der Waals surface area contributed by atoms with Crippen molar-refractivity contribution in [2.24, 2.45) is 5.73 Å². The number of hydrogen-bond donors (Lipinski definition) is 1. The van der Waals surface area contributed by atoms with Crippen LogP contribution in [0.5, 0.6) is 0 Å². The first-order valence-corrected chi connectivity index (χ1v) is 13.0. The smallest absolute Gasteiger partial charge is 0.456 e. The number of nitrogens with zero attached hydrogens (tertiary/aromatic N) is 3. The molecule has 38 heavy (non-hydrogen) atoms. The summed E-state index contributed by atoms with van der Waals surface area (Å²) in [6.07, 6.45) is 5.24. The van der Waals surface area contributed by atoms with E-state index in [1.54, 1.807) is 0 Å². The van der Waals surface area contributed by atoms with Gasteiger partial charge in [-0.2, -0.15) is 0 Å². The van der Waals surface area contributed by atoms with Crippen molar-refractivity contribution in [1.82, 2.24) is 14.5 Å². The molecule has 2 aliphatic heterocycles. The highest BCUT2D eigenvalue weighted by Gasteiger charge is 2.34. The molecule has 4 aromatic rings. The third-order valence-corrected chi connectivity index (χ3v) is 7.47. The van der Waals surface area contributed by atoms with Crippen molar-refractivity contribution >= 4 is 5.97 Å². The standard InChI is InChI=1S/C29H30N4O5/c30-21-12-13-32(16-21)25(15-22-24-11-10-20-8-4-5-9-23(20)33(24)18-31-22)28(34)36-17-27-26(37-29(35)38-27)14-19-6-2-1-3-7-19/h1-9,18,21,25H,10-17,30H2/t21-,25-/m0/s1.